The quantitative estimate of drug-likeness (QED) is 0.808. The van der Waals surface area contributed by atoms with Crippen LogP contribution in [0, 0.1) is 17.1 Å². The summed E-state index contributed by atoms with van der Waals surface area (Å²) in [5, 5.41) is 8.86. The molecule has 0 unspecified atom stereocenters. The number of alkyl halides is 2. The molecule has 0 aliphatic carbocycles. The lowest BCUT2D eigenvalue weighted by molar-refractivity contribution is 0.103. The van der Waals surface area contributed by atoms with E-state index >= 15 is 0 Å². The van der Waals surface area contributed by atoms with E-state index in [1.807, 2.05) is 0 Å². The number of carbonyl (C=O) groups is 1. The minimum atomic E-state index is -2.81. The summed E-state index contributed by atoms with van der Waals surface area (Å²) in [4.78, 5) is 15.6. The molecule has 0 aliphatic rings. The molecule has 20 heavy (non-hydrogen) atoms. The Morgan fingerprint density at radius 1 is 1.30 bits per heavy atom. The summed E-state index contributed by atoms with van der Waals surface area (Å²) < 4.78 is 38.5. The third kappa shape index (κ3) is 2.52. The average molecular weight is 276 g/mol. The predicted octanol–water partition coefficient (Wildman–Crippen LogP) is 3.26. The first-order chi connectivity index (χ1) is 9.54. The number of halogens is 3. The van der Waals surface area contributed by atoms with Crippen LogP contribution in [-0.4, -0.2) is 10.8 Å². The summed E-state index contributed by atoms with van der Waals surface area (Å²) >= 11 is 0. The first kappa shape index (κ1) is 13.7. The Bertz CT molecular complexity index is 708. The molecule has 0 spiro atoms. The Morgan fingerprint density at radius 2 is 2.05 bits per heavy atom. The number of nitriles is 1. The number of hydrogen-bond donors (Lipinski definition) is 0. The maximum Gasteiger partial charge on any atom is 0.280 e. The molecule has 0 atom stereocenters. The maximum absolute atomic E-state index is 13.4. The number of ketones is 1. The van der Waals surface area contributed by atoms with Crippen molar-refractivity contribution in [3.05, 3.63) is 64.7 Å². The van der Waals surface area contributed by atoms with Gasteiger partial charge in [-0.2, -0.15) is 5.26 Å². The first-order valence-corrected chi connectivity index (χ1v) is 5.52. The van der Waals surface area contributed by atoms with Crippen molar-refractivity contribution in [1.82, 2.24) is 4.98 Å². The van der Waals surface area contributed by atoms with Gasteiger partial charge in [-0.15, -0.1) is 0 Å². The average Bonchev–Trinajstić information content (AvgIpc) is 2.46. The number of benzene rings is 1. The minimum Gasteiger partial charge on any atom is -0.289 e. The van der Waals surface area contributed by atoms with Crippen LogP contribution in [0.2, 0.25) is 0 Å². The van der Waals surface area contributed by atoms with Gasteiger partial charge in [-0.05, 0) is 24.3 Å². The standard InChI is InChI=1S/C14H7F3N2O/c15-11-3-1-2-9(10(11)7-18)13(20)8-4-5-19-12(6-8)14(16)17/h1-6,14H. The lowest BCUT2D eigenvalue weighted by atomic mass is 9.99. The fourth-order valence-corrected chi connectivity index (χ4v) is 1.69. The van der Waals surface area contributed by atoms with Crippen molar-refractivity contribution in [2.24, 2.45) is 0 Å². The van der Waals surface area contributed by atoms with E-state index in [0.717, 1.165) is 18.3 Å². The summed E-state index contributed by atoms with van der Waals surface area (Å²) in [6, 6.07) is 7.35. The Hall–Kier alpha value is -2.68. The number of hydrogen-bond acceptors (Lipinski definition) is 3. The molecule has 1 aromatic carbocycles. The molecule has 2 aromatic rings. The highest BCUT2D eigenvalue weighted by molar-refractivity contribution is 6.10. The topological polar surface area (TPSA) is 53.8 Å². The van der Waals surface area contributed by atoms with Gasteiger partial charge in [-0.25, -0.2) is 13.2 Å². The molecule has 0 saturated carbocycles. The molecular weight excluding hydrogens is 269 g/mol. The molecule has 3 nitrogen and oxygen atoms in total. The third-order valence-electron chi connectivity index (χ3n) is 2.64. The van der Waals surface area contributed by atoms with Gasteiger partial charge in [-0.1, -0.05) is 6.07 Å². The molecule has 1 aromatic heterocycles. The van der Waals surface area contributed by atoms with Crippen LogP contribution in [0.1, 0.15) is 33.6 Å². The minimum absolute atomic E-state index is 0.0719. The predicted molar refractivity (Wildman–Crippen MR) is 63.7 cm³/mol. The van der Waals surface area contributed by atoms with Crippen LogP contribution in [0.15, 0.2) is 36.5 Å². The second-order valence-electron chi connectivity index (χ2n) is 3.87. The monoisotopic (exact) mass is 276 g/mol. The zero-order valence-corrected chi connectivity index (χ0v) is 9.98. The van der Waals surface area contributed by atoms with E-state index in [1.165, 1.54) is 18.2 Å². The van der Waals surface area contributed by atoms with Gasteiger partial charge in [0.1, 0.15) is 17.6 Å². The fraction of sp³-hybridized carbons (Fsp3) is 0.0714. The van der Waals surface area contributed by atoms with Crippen LogP contribution in [0.25, 0.3) is 0 Å². The van der Waals surface area contributed by atoms with Crippen LogP contribution >= 0.6 is 0 Å². The summed E-state index contributed by atoms with van der Waals surface area (Å²) in [5.74, 6) is -1.54. The lowest BCUT2D eigenvalue weighted by Crippen LogP contribution is -2.07. The molecule has 0 fully saturated rings. The van der Waals surface area contributed by atoms with Gasteiger partial charge in [0, 0.05) is 17.3 Å². The van der Waals surface area contributed by atoms with Crippen molar-refractivity contribution in [1.29, 1.82) is 5.26 Å². The SMILES string of the molecule is N#Cc1c(F)cccc1C(=O)c1ccnc(C(F)F)c1. The number of carbonyl (C=O) groups excluding carboxylic acids is 1. The molecule has 0 N–H and O–H groups in total. The number of rotatable bonds is 3. The lowest BCUT2D eigenvalue weighted by Gasteiger charge is -2.05. The smallest absolute Gasteiger partial charge is 0.280 e. The van der Waals surface area contributed by atoms with Gasteiger partial charge >= 0.3 is 0 Å². The highest BCUT2D eigenvalue weighted by Gasteiger charge is 2.18. The van der Waals surface area contributed by atoms with E-state index in [1.54, 1.807) is 6.07 Å². The van der Waals surface area contributed by atoms with Gasteiger partial charge in [-0.3, -0.25) is 9.78 Å². The van der Waals surface area contributed by atoms with E-state index in [0.29, 0.717) is 0 Å². The van der Waals surface area contributed by atoms with Gasteiger partial charge in [0.2, 0.25) is 0 Å². The van der Waals surface area contributed by atoms with Crippen molar-refractivity contribution in [3.63, 3.8) is 0 Å². The first-order valence-electron chi connectivity index (χ1n) is 5.52. The van der Waals surface area contributed by atoms with Gasteiger partial charge in [0.15, 0.2) is 5.78 Å². The fourth-order valence-electron chi connectivity index (χ4n) is 1.69. The normalized spacial score (nSPS) is 10.3. The Morgan fingerprint density at radius 3 is 2.70 bits per heavy atom. The molecule has 0 radical (unpaired) electrons. The van der Waals surface area contributed by atoms with Crippen LogP contribution in [0.3, 0.4) is 0 Å². The molecule has 1 heterocycles. The summed E-state index contributed by atoms with van der Waals surface area (Å²) in [7, 11) is 0. The molecule has 0 amide bonds. The van der Waals surface area contributed by atoms with Crippen LogP contribution < -0.4 is 0 Å². The largest absolute Gasteiger partial charge is 0.289 e. The highest BCUT2D eigenvalue weighted by Crippen LogP contribution is 2.20. The molecule has 100 valence electrons. The number of nitrogens with zero attached hydrogens (tertiary/aromatic N) is 2. The van der Waals surface area contributed by atoms with Crippen molar-refractivity contribution in [3.8, 4) is 6.07 Å². The van der Waals surface area contributed by atoms with Gasteiger partial charge in [0.25, 0.3) is 6.43 Å². The van der Waals surface area contributed by atoms with E-state index in [-0.39, 0.29) is 11.1 Å². The number of pyridine rings is 1. The second-order valence-corrected chi connectivity index (χ2v) is 3.87. The van der Waals surface area contributed by atoms with E-state index in [2.05, 4.69) is 4.98 Å². The van der Waals surface area contributed by atoms with Crippen molar-refractivity contribution in [2.45, 2.75) is 6.43 Å². The van der Waals surface area contributed by atoms with Gasteiger partial charge in [0.05, 0.1) is 5.56 Å². The van der Waals surface area contributed by atoms with Crippen LogP contribution in [-0.2, 0) is 0 Å². The molecule has 2 rings (SSSR count). The van der Waals surface area contributed by atoms with Crippen LogP contribution in [0.4, 0.5) is 13.2 Å². The van der Waals surface area contributed by atoms with Crippen molar-refractivity contribution >= 4 is 5.78 Å². The second kappa shape index (κ2) is 5.53. The zero-order valence-electron chi connectivity index (χ0n) is 9.98. The number of aromatic nitrogens is 1. The maximum atomic E-state index is 13.4. The summed E-state index contributed by atoms with van der Waals surface area (Å²) in [6.45, 7) is 0. The Labute approximate surface area is 112 Å². The molecule has 0 saturated heterocycles. The zero-order chi connectivity index (χ0) is 14.7. The van der Waals surface area contributed by atoms with Crippen molar-refractivity contribution < 1.29 is 18.0 Å². The van der Waals surface area contributed by atoms with Crippen molar-refractivity contribution in [2.75, 3.05) is 0 Å². The van der Waals surface area contributed by atoms with E-state index < -0.39 is 29.3 Å². The van der Waals surface area contributed by atoms with E-state index in [9.17, 15) is 18.0 Å². The Balaban J connectivity index is 2.50. The van der Waals surface area contributed by atoms with Gasteiger partial charge < -0.3 is 0 Å². The van der Waals surface area contributed by atoms with E-state index in [4.69, 9.17) is 5.26 Å². The molecule has 0 aliphatic heterocycles. The summed E-state index contributed by atoms with van der Waals surface area (Å²) in [6.07, 6.45) is -1.74. The molecule has 6 heteroatoms. The Kier molecular flexibility index (Phi) is 3.80. The highest BCUT2D eigenvalue weighted by atomic mass is 19.3. The van der Waals surface area contributed by atoms with Crippen LogP contribution in [0.5, 0.6) is 0 Å². The molecule has 0 bridgehead atoms. The third-order valence-corrected chi connectivity index (χ3v) is 2.64. The summed E-state index contributed by atoms with van der Waals surface area (Å²) in [5.41, 5.74) is -1.20. The molecular formula is C14H7F3N2O.